The predicted molar refractivity (Wildman–Crippen MR) is 71.8 cm³/mol. The predicted octanol–water partition coefficient (Wildman–Crippen LogP) is 1.72. The van der Waals surface area contributed by atoms with Gasteiger partial charge in [-0.15, -0.1) is 0 Å². The first kappa shape index (κ1) is 13.6. The summed E-state index contributed by atoms with van der Waals surface area (Å²) in [6.45, 7) is 1.69. The highest BCUT2D eigenvalue weighted by Gasteiger charge is 2.38. The number of likely N-dealkylation sites (N-methyl/N-ethyl adjacent to an activating group) is 1. The molecule has 4 nitrogen and oxygen atoms in total. The Balaban J connectivity index is 2.17. The van der Waals surface area contributed by atoms with E-state index in [9.17, 15) is 9.59 Å². The summed E-state index contributed by atoms with van der Waals surface area (Å²) in [5.41, 5.74) is 2.01. The molecule has 0 bridgehead atoms. The van der Waals surface area contributed by atoms with Crippen LogP contribution in [-0.4, -0.2) is 35.5 Å². The van der Waals surface area contributed by atoms with Crippen molar-refractivity contribution in [3.8, 4) is 0 Å². The van der Waals surface area contributed by atoms with E-state index in [1.165, 1.54) is 16.0 Å². The van der Waals surface area contributed by atoms with E-state index < -0.39 is 11.4 Å². The first-order chi connectivity index (χ1) is 8.92. The summed E-state index contributed by atoms with van der Waals surface area (Å²) in [5, 5.41) is 8.78. The molecule has 0 saturated heterocycles. The number of hydrogen-bond donors (Lipinski definition) is 1. The number of nitrogens with zero attached hydrogens (tertiary/aromatic N) is 1. The molecule has 1 aromatic rings. The van der Waals surface area contributed by atoms with Crippen molar-refractivity contribution >= 4 is 11.9 Å². The summed E-state index contributed by atoms with van der Waals surface area (Å²) in [6, 6.07) is 8.15. The molecule has 0 aliphatic heterocycles. The summed E-state index contributed by atoms with van der Waals surface area (Å²) >= 11 is 0. The van der Waals surface area contributed by atoms with E-state index in [0.29, 0.717) is 6.42 Å². The van der Waals surface area contributed by atoms with Crippen LogP contribution in [0.3, 0.4) is 0 Å². The van der Waals surface area contributed by atoms with Crippen LogP contribution in [0, 0.1) is 5.41 Å². The standard InChI is InChI=1S/C15H19NO3/c1-15(14(19)16(2)10-13(17)18)8-7-11-5-3-4-6-12(11)9-15/h3-6H,7-10H2,1-2H3,(H,17,18). The summed E-state index contributed by atoms with van der Waals surface area (Å²) in [6.07, 6.45) is 2.33. The summed E-state index contributed by atoms with van der Waals surface area (Å²) in [7, 11) is 1.56. The number of carboxylic acids is 1. The third-order valence-electron chi connectivity index (χ3n) is 3.88. The average molecular weight is 261 g/mol. The van der Waals surface area contributed by atoms with Crippen LogP contribution < -0.4 is 0 Å². The minimum Gasteiger partial charge on any atom is -0.480 e. The maximum atomic E-state index is 12.4. The maximum absolute atomic E-state index is 12.4. The monoisotopic (exact) mass is 261 g/mol. The van der Waals surface area contributed by atoms with Crippen LogP contribution in [0.15, 0.2) is 24.3 Å². The molecule has 0 aromatic heterocycles. The van der Waals surface area contributed by atoms with Crippen molar-refractivity contribution < 1.29 is 14.7 Å². The molecular formula is C15H19NO3. The van der Waals surface area contributed by atoms with Gasteiger partial charge in [0.25, 0.3) is 0 Å². The van der Waals surface area contributed by atoms with Crippen LogP contribution in [0.2, 0.25) is 0 Å². The lowest BCUT2D eigenvalue weighted by Crippen LogP contribution is -2.45. The number of aryl methyl sites for hydroxylation is 1. The Morgan fingerprint density at radius 2 is 1.95 bits per heavy atom. The number of hydrogen-bond acceptors (Lipinski definition) is 2. The maximum Gasteiger partial charge on any atom is 0.323 e. The molecule has 4 heteroatoms. The molecule has 102 valence electrons. The van der Waals surface area contributed by atoms with Crippen LogP contribution in [0.25, 0.3) is 0 Å². The number of rotatable bonds is 3. The zero-order valence-corrected chi connectivity index (χ0v) is 11.3. The van der Waals surface area contributed by atoms with Crippen molar-refractivity contribution in [2.75, 3.05) is 13.6 Å². The second kappa shape index (κ2) is 5.03. The number of carbonyl (C=O) groups excluding carboxylic acids is 1. The molecule has 1 atom stereocenters. The van der Waals surface area contributed by atoms with Gasteiger partial charge in [0.15, 0.2) is 0 Å². The average Bonchev–Trinajstić information content (AvgIpc) is 2.36. The smallest absolute Gasteiger partial charge is 0.323 e. The van der Waals surface area contributed by atoms with Crippen LogP contribution in [0.5, 0.6) is 0 Å². The van der Waals surface area contributed by atoms with E-state index in [-0.39, 0.29) is 12.5 Å². The molecule has 1 aromatic carbocycles. The van der Waals surface area contributed by atoms with Crippen LogP contribution in [0.1, 0.15) is 24.5 Å². The molecule has 1 N–H and O–H groups in total. The van der Waals surface area contributed by atoms with Gasteiger partial charge in [-0.3, -0.25) is 9.59 Å². The molecule has 0 fully saturated rings. The van der Waals surface area contributed by atoms with Crippen LogP contribution in [-0.2, 0) is 22.4 Å². The van der Waals surface area contributed by atoms with E-state index in [4.69, 9.17) is 5.11 Å². The lowest BCUT2D eigenvalue weighted by Gasteiger charge is -2.36. The Labute approximate surface area is 113 Å². The Morgan fingerprint density at radius 1 is 1.32 bits per heavy atom. The third kappa shape index (κ3) is 2.78. The quantitative estimate of drug-likeness (QED) is 0.901. The van der Waals surface area contributed by atoms with Gasteiger partial charge in [-0.05, 0) is 30.4 Å². The van der Waals surface area contributed by atoms with Gasteiger partial charge < -0.3 is 10.0 Å². The molecular weight excluding hydrogens is 242 g/mol. The molecule has 0 spiro atoms. The lowest BCUT2D eigenvalue weighted by molar-refractivity contribution is -0.148. The Morgan fingerprint density at radius 3 is 2.58 bits per heavy atom. The van der Waals surface area contributed by atoms with Gasteiger partial charge in [-0.1, -0.05) is 31.2 Å². The second-order valence-electron chi connectivity index (χ2n) is 5.56. The molecule has 1 aliphatic rings. The minimum atomic E-state index is -0.976. The van der Waals surface area contributed by atoms with Gasteiger partial charge in [0, 0.05) is 7.05 Å². The first-order valence-corrected chi connectivity index (χ1v) is 6.46. The van der Waals surface area contributed by atoms with E-state index >= 15 is 0 Å². The highest BCUT2D eigenvalue weighted by molar-refractivity contribution is 5.86. The number of carboxylic acid groups (broad SMARTS) is 1. The largest absolute Gasteiger partial charge is 0.480 e. The highest BCUT2D eigenvalue weighted by Crippen LogP contribution is 2.36. The third-order valence-corrected chi connectivity index (χ3v) is 3.88. The molecule has 0 radical (unpaired) electrons. The Bertz CT molecular complexity index is 512. The zero-order chi connectivity index (χ0) is 14.0. The SMILES string of the molecule is CN(CC(=O)O)C(=O)C1(C)CCc2ccccc2C1. The van der Waals surface area contributed by atoms with E-state index in [0.717, 1.165) is 12.8 Å². The summed E-state index contributed by atoms with van der Waals surface area (Å²) in [5.74, 6) is -1.06. The second-order valence-corrected chi connectivity index (χ2v) is 5.56. The Hall–Kier alpha value is -1.84. The van der Waals surface area contributed by atoms with E-state index in [1.54, 1.807) is 7.05 Å². The number of amides is 1. The molecule has 1 aliphatic carbocycles. The van der Waals surface area contributed by atoms with Crippen LogP contribution >= 0.6 is 0 Å². The number of aliphatic carboxylic acids is 1. The van der Waals surface area contributed by atoms with Gasteiger partial charge in [0.05, 0.1) is 5.41 Å². The highest BCUT2D eigenvalue weighted by atomic mass is 16.4. The zero-order valence-electron chi connectivity index (χ0n) is 11.3. The first-order valence-electron chi connectivity index (χ1n) is 6.46. The van der Waals surface area contributed by atoms with Crippen molar-refractivity contribution in [3.63, 3.8) is 0 Å². The van der Waals surface area contributed by atoms with Crippen molar-refractivity contribution in [2.24, 2.45) is 5.41 Å². The molecule has 2 rings (SSSR count). The molecule has 0 saturated carbocycles. The fourth-order valence-corrected chi connectivity index (χ4v) is 2.81. The normalized spacial score (nSPS) is 21.6. The summed E-state index contributed by atoms with van der Waals surface area (Å²) in [4.78, 5) is 24.4. The number of fused-ring (bicyclic) bond motifs is 1. The Kier molecular flexibility index (Phi) is 3.60. The van der Waals surface area contributed by atoms with E-state index in [1.807, 2.05) is 19.1 Å². The molecule has 1 amide bonds. The van der Waals surface area contributed by atoms with E-state index in [2.05, 4.69) is 12.1 Å². The summed E-state index contributed by atoms with van der Waals surface area (Å²) < 4.78 is 0. The fourth-order valence-electron chi connectivity index (χ4n) is 2.81. The topological polar surface area (TPSA) is 57.6 Å². The van der Waals surface area contributed by atoms with Crippen molar-refractivity contribution in [1.29, 1.82) is 0 Å². The van der Waals surface area contributed by atoms with Gasteiger partial charge in [-0.25, -0.2) is 0 Å². The molecule has 1 unspecified atom stereocenters. The molecule has 19 heavy (non-hydrogen) atoms. The van der Waals surface area contributed by atoms with Gasteiger partial charge in [0.1, 0.15) is 6.54 Å². The number of benzene rings is 1. The van der Waals surface area contributed by atoms with Crippen molar-refractivity contribution in [1.82, 2.24) is 4.90 Å². The van der Waals surface area contributed by atoms with Gasteiger partial charge in [0.2, 0.25) is 5.91 Å². The molecule has 0 heterocycles. The van der Waals surface area contributed by atoms with Gasteiger partial charge in [-0.2, -0.15) is 0 Å². The lowest BCUT2D eigenvalue weighted by atomic mass is 9.72. The van der Waals surface area contributed by atoms with Crippen molar-refractivity contribution in [2.45, 2.75) is 26.2 Å². The number of carbonyl (C=O) groups is 2. The van der Waals surface area contributed by atoms with Crippen LogP contribution in [0.4, 0.5) is 0 Å². The fraction of sp³-hybridized carbons (Fsp3) is 0.467. The van der Waals surface area contributed by atoms with Crippen molar-refractivity contribution in [3.05, 3.63) is 35.4 Å². The van der Waals surface area contributed by atoms with Gasteiger partial charge >= 0.3 is 5.97 Å². The minimum absolute atomic E-state index is 0.0793.